The van der Waals surface area contributed by atoms with Crippen molar-refractivity contribution in [2.24, 2.45) is 4.99 Å². The highest BCUT2D eigenvalue weighted by molar-refractivity contribution is 7.98. The summed E-state index contributed by atoms with van der Waals surface area (Å²) in [4.78, 5) is 18.0. The Kier molecular flexibility index (Phi) is 8.43. The molecule has 0 aliphatic heterocycles. The van der Waals surface area contributed by atoms with Crippen molar-refractivity contribution in [3.05, 3.63) is 46.8 Å². The van der Waals surface area contributed by atoms with Gasteiger partial charge in [-0.05, 0) is 36.9 Å². The third-order valence-corrected chi connectivity index (χ3v) is 6.40. The molecule has 3 rings (SSSR count). The maximum Gasteiger partial charge on any atom is 0.279 e. The van der Waals surface area contributed by atoms with Crippen LogP contribution < -0.4 is 19.0 Å². The van der Waals surface area contributed by atoms with Crippen molar-refractivity contribution in [2.75, 3.05) is 32.8 Å². The van der Waals surface area contributed by atoms with Crippen molar-refractivity contribution in [2.45, 2.75) is 26.3 Å². The zero-order chi connectivity index (χ0) is 22.2. The minimum Gasteiger partial charge on any atom is -0.494 e. The summed E-state index contributed by atoms with van der Waals surface area (Å²) in [5, 5.41) is 0. The number of rotatable bonds is 10. The molecule has 0 fully saturated rings. The Hall–Kier alpha value is -2.45. The van der Waals surface area contributed by atoms with Crippen molar-refractivity contribution in [1.29, 1.82) is 0 Å². The second-order valence-corrected chi connectivity index (χ2v) is 8.84. The van der Waals surface area contributed by atoms with Crippen molar-refractivity contribution in [3.63, 3.8) is 0 Å². The number of aromatic nitrogens is 1. The second kappa shape index (κ2) is 11.2. The van der Waals surface area contributed by atoms with Gasteiger partial charge < -0.3 is 18.8 Å². The lowest BCUT2D eigenvalue weighted by atomic mass is 10.2. The summed E-state index contributed by atoms with van der Waals surface area (Å²) < 4.78 is 19.6. The molecule has 0 bridgehead atoms. The Bertz CT molecular complexity index is 1090. The number of hydrogen-bond acceptors (Lipinski definition) is 6. The predicted molar refractivity (Wildman–Crippen MR) is 128 cm³/mol. The maximum atomic E-state index is 12.9. The summed E-state index contributed by atoms with van der Waals surface area (Å²) in [5.74, 6) is 2.71. The number of unbranched alkanes of at least 4 members (excludes halogenated alkanes) is 1. The summed E-state index contributed by atoms with van der Waals surface area (Å²) in [7, 11) is 3.23. The maximum absolute atomic E-state index is 12.9. The van der Waals surface area contributed by atoms with Gasteiger partial charge in [-0.3, -0.25) is 4.79 Å². The van der Waals surface area contributed by atoms with Crippen molar-refractivity contribution < 1.29 is 19.0 Å². The molecule has 0 saturated carbocycles. The van der Waals surface area contributed by atoms with Crippen LogP contribution in [0.2, 0.25) is 0 Å². The molecule has 0 aliphatic rings. The molecule has 31 heavy (non-hydrogen) atoms. The Morgan fingerprint density at radius 1 is 1.13 bits per heavy atom. The van der Waals surface area contributed by atoms with E-state index in [1.165, 1.54) is 11.3 Å². The van der Waals surface area contributed by atoms with Gasteiger partial charge in [0.2, 0.25) is 0 Å². The first-order valence-corrected chi connectivity index (χ1v) is 12.4. The fraction of sp³-hybridized carbons (Fsp3) is 0.391. The van der Waals surface area contributed by atoms with Gasteiger partial charge in [-0.15, -0.1) is 0 Å². The molecular formula is C23H28N2O4S2. The zero-order valence-electron chi connectivity index (χ0n) is 18.3. The first kappa shape index (κ1) is 23.2. The molecule has 0 spiro atoms. The van der Waals surface area contributed by atoms with Gasteiger partial charge in [-0.25, -0.2) is 0 Å². The molecule has 166 valence electrons. The number of carbonyl (C=O) groups is 1. The number of aryl methyl sites for hydroxylation is 1. The molecule has 2 aromatic carbocycles. The van der Waals surface area contributed by atoms with Crippen LogP contribution in [0, 0.1) is 0 Å². The zero-order valence-corrected chi connectivity index (χ0v) is 20.0. The van der Waals surface area contributed by atoms with Gasteiger partial charge in [0.25, 0.3) is 5.91 Å². The standard InChI is InChI=1S/C23H28N2O4S2/c1-5-6-12-29-17-9-7-16(8-10-17)22(26)24-23-25(11-13-30-4)18-14-19(27-2)20(28-3)15-21(18)31-23/h7-10,14-15H,5-6,11-13H2,1-4H3. The SMILES string of the molecule is CCCCOc1ccc(C(=O)N=c2sc3cc(OC)c(OC)cc3n2CCSC)cc1. The molecule has 1 aromatic heterocycles. The van der Waals surface area contributed by atoms with Crippen LogP contribution in [0.3, 0.4) is 0 Å². The lowest BCUT2D eigenvalue weighted by Crippen LogP contribution is -2.18. The van der Waals surface area contributed by atoms with Crippen LogP contribution in [-0.4, -0.2) is 43.3 Å². The minimum atomic E-state index is -0.275. The summed E-state index contributed by atoms with van der Waals surface area (Å²) in [6, 6.07) is 11.0. The molecule has 1 heterocycles. The highest BCUT2D eigenvalue weighted by Gasteiger charge is 2.14. The molecule has 8 heteroatoms. The smallest absolute Gasteiger partial charge is 0.279 e. The van der Waals surface area contributed by atoms with E-state index >= 15 is 0 Å². The van der Waals surface area contributed by atoms with Gasteiger partial charge >= 0.3 is 0 Å². The van der Waals surface area contributed by atoms with E-state index in [9.17, 15) is 4.79 Å². The third kappa shape index (κ3) is 5.62. The van der Waals surface area contributed by atoms with Crippen LogP contribution in [0.4, 0.5) is 0 Å². The van der Waals surface area contributed by atoms with Crippen LogP contribution in [0.25, 0.3) is 10.2 Å². The highest BCUT2D eigenvalue weighted by atomic mass is 32.2. The number of methoxy groups -OCH3 is 2. The van der Waals surface area contributed by atoms with Crippen LogP contribution in [0.1, 0.15) is 30.1 Å². The number of fused-ring (bicyclic) bond motifs is 1. The van der Waals surface area contributed by atoms with Crippen LogP contribution in [-0.2, 0) is 6.54 Å². The number of thiazole rings is 1. The summed E-state index contributed by atoms with van der Waals surface area (Å²) in [6.45, 7) is 3.55. The van der Waals surface area contributed by atoms with Crippen molar-refractivity contribution >= 4 is 39.2 Å². The quantitative estimate of drug-likeness (QED) is 0.398. The number of benzene rings is 2. The first-order chi connectivity index (χ1) is 15.1. The van der Waals surface area contributed by atoms with Gasteiger partial charge in [-0.1, -0.05) is 24.7 Å². The molecule has 0 aliphatic carbocycles. The Morgan fingerprint density at radius 3 is 2.48 bits per heavy atom. The molecule has 0 saturated heterocycles. The van der Waals surface area contributed by atoms with E-state index in [4.69, 9.17) is 14.2 Å². The average Bonchev–Trinajstić information content (AvgIpc) is 3.12. The third-order valence-electron chi connectivity index (χ3n) is 4.77. The first-order valence-electron chi connectivity index (χ1n) is 10.2. The molecule has 3 aromatic rings. The summed E-state index contributed by atoms with van der Waals surface area (Å²) in [6.07, 6.45) is 4.15. The van der Waals surface area contributed by atoms with Crippen molar-refractivity contribution in [1.82, 2.24) is 4.57 Å². The van der Waals surface area contributed by atoms with Crippen molar-refractivity contribution in [3.8, 4) is 17.2 Å². The number of hydrogen-bond donors (Lipinski definition) is 0. The van der Waals surface area contributed by atoms with Gasteiger partial charge in [0, 0.05) is 30.0 Å². The molecule has 1 amide bonds. The lowest BCUT2D eigenvalue weighted by Gasteiger charge is -2.09. The van der Waals surface area contributed by atoms with E-state index in [0.717, 1.165) is 41.1 Å². The van der Waals surface area contributed by atoms with E-state index in [0.29, 0.717) is 28.5 Å². The lowest BCUT2D eigenvalue weighted by molar-refractivity contribution is 0.0998. The van der Waals surface area contributed by atoms with Crippen LogP contribution in [0.5, 0.6) is 17.2 Å². The molecular weight excluding hydrogens is 432 g/mol. The number of thioether (sulfide) groups is 1. The van der Waals surface area contributed by atoms with Gasteiger partial charge in [0.05, 0.1) is 31.0 Å². The van der Waals surface area contributed by atoms with Crippen LogP contribution >= 0.6 is 23.1 Å². The number of ether oxygens (including phenoxy) is 3. The molecule has 0 atom stereocenters. The monoisotopic (exact) mass is 460 g/mol. The number of carbonyl (C=O) groups excluding carboxylic acids is 1. The minimum absolute atomic E-state index is 0.275. The van der Waals surface area contributed by atoms with Gasteiger partial charge in [0.15, 0.2) is 16.3 Å². The second-order valence-electron chi connectivity index (χ2n) is 6.85. The Labute approximate surface area is 190 Å². The topological polar surface area (TPSA) is 62.1 Å². The molecule has 6 nitrogen and oxygen atoms in total. The van der Waals surface area contributed by atoms with E-state index < -0.39 is 0 Å². The van der Waals surface area contributed by atoms with Gasteiger partial charge in [-0.2, -0.15) is 16.8 Å². The predicted octanol–water partition coefficient (Wildman–Crippen LogP) is 5.00. The number of nitrogens with zero attached hydrogens (tertiary/aromatic N) is 2. The van der Waals surface area contributed by atoms with Crippen LogP contribution in [0.15, 0.2) is 41.4 Å². The largest absolute Gasteiger partial charge is 0.494 e. The number of amides is 1. The normalized spacial score (nSPS) is 11.7. The Balaban J connectivity index is 1.96. The average molecular weight is 461 g/mol. The van der Waals surface area contributed by atoms with E-state index in [1.54, 1.807) is 38.1 Å². The molecule has 0 radical (unpaired) electrons. The fourth-order valence-electron chi connectivity index (χ4n) is 3.06. The fourth-order valence-corrected chi connectivity index (χ4v) is 4.49. The molecule has 0 unspecified atom stereocenters. The highest BCUT2D eigenvalue weighted by Crippen LogP contribution is 2.33. The van der Waals surface area contributed by atoms with E-state index in [-0.39, 0.29) is 5.91 Å². The Morgan fingerprint density at radius 2 is 1.84 bits per heavy atom. The van der Waals surface area contributed by atoms with E-state index in [2.05, 4.69) is 22.7 Å². The van der Waals surface area contributed by atoms with Gasteiger partial charge in [0.1, 0.15) is 5.75 Å². The molecule has 0 N–H and O–H groups in total. The summed E-state index contributed by atoms with van der Waals surface area (Å²) >= 11 is 3.22. The van der Waals surface area contributed by atoms with E-state index in [1.807, 2.05) is 24.3 Å². The summed E-state index contributed by atoms with van der Waals surface area (Å²) in [5.41, 5.74) is 1.51.